The lowest BCUT2D eigenvalue weighted by Crippen LogP contribution is -2.41. The first-order valence-corrected chi connectivity index (χ1v) is 10.5. The van der Waals surface area contributed by atoms with Crippen molar-refractivity contribution in [2.24, 2.45) is 0 Å². The van der Waals surface area contributed by atoms with Gasteiger partial charge in [-0.3, -0.25) is 4.79 Å². The van der Waals surface area contributed by atoms with Gasteiger partial charge >= 0.3 is 0 Å². The number of amides is 1. The van der Waals surface area contributed by atoms with Gasteiger partial charge in [0.25, 0.3) is 0 Å². The molecule has 2 aromatic rings. The molecule has 0 bridgehead atoms. The summed E-state index contributed by atoms with van der Waals surface area (Å²) in [6.45, 7) is 0.0977. The van der Waals surface area contributed by atoms with Crippen LogP contribution < -0.4 is 0 Å². The quantitative estimate of drug-likeness (QED) is 0.780. The second kappa shape index (κ2) is 7.99. The predicted octanol–water partition coefficient (Wildman–Crippen LogP) is 2.97. The van der Waals surface area contributed by atoms with Crippen LogP contribution in [0.5, 0.6) is 0 Å². The molecule has 1 atom stereocenters. The van der Waals surface area contributed by atoms with E-state index < -0.39 is 9.84 Å². The first-order valence-electron chi connectivity index (χ1n) is 8.72. The molecule has 6 heteroatoms. The van der Waals surface area contributed by atoms with E-state index in [-0.39, 0.29) is 42.2 Å². The fourth-order valence-electron chi connectivity index (χ4n) is 3.29. The van der Waals surface area contributed by atoms with Crippen molar-refractivity contribution in [2.75, 3.05) is 11.5 Å². The van der Waals surface area contributed by atoms with Crippen molar-refractivity contribution >= 4 is 15.7 Å². The van der Waals surface area contributed by atoms with E-state index in [2.05, 4.69) is 0 Å². The zero-order valence-corrected chi connectivity index (χ0v) is 15.3. The van der Waals surface area contributed by atoms with Crippen molar-refractivity contribution < 1.29 is 17.6 Å². The van der Waals surface area contributed by atoms with Gasteiger partial charge in [-0.15, -0.1) is 0 Å². The summed E-state index contributed by atoms with van der Waals surface area (Å²) >= 11 is 0. The topological polar surface area (TPSA) is 54.5 Å². The van der Waals surface area contributed by atoms with Crippen LogP contribution in [-0.2, 0) is 27.6 Å². The number of nitrogens with zero attached hydrogens (tertiary/aromatic N) is 1. The second-order valence-corrected chi connectivity index (χ2v) is 8.88. The molecule has 4 nitrogen and oxygen atoms in total. The Morgan fingerprint density at radius 3 is 2.42 bits per heavy atom. The molecule has 2 aromatic carbocycles. The molecule has 1 saturated heterocycles. The Bertz CT molecular complexity index is 868. The van der Waals surface area contributed by atoms with E-state index in [1.54, 1.807) is 23.1 Å². The molecule has 1 aliphatic heterocycles. The highest BCUT2D eigenvalue weighted by molar-refractivity contribution is 7.91. The van der Waals surface area contributed by atoms with Gasteiger partial charge in [-0.1, -0.05) is 48.5 Å². The van der Waals surface area contributed by atoms with Crippen LogP contribution in [0.25, 0.3) is 0 Å². The number of benzene rings is 2. The third kappa shape index (κ3) is 4.69. The number of rotatable bonds is 6. The van der Waals surface area contributed by atoms with Crippen LogP contribution in [0.4, 0.5) is 4.39 Å². The molecule has 0 N–H and O–H groups in total. The standard InChI is InChI=1S/C20H22FNO3S/c21-19-9-5-4-8-17(19)14-22(18-12-13-26(24,25)15-18)20(23)11-10-16-6-2-1-3-7-16/h1-9,18H,10-15H2. The highest BCUT2D eigenvalue weighted by Gasteiger charge is 2.34. The number of carbonyl (C=O) groups is 1. The van der Waals surface area contributed by atoms with Crippen LogP contribution in [0.2, 0.25) is 0 Å². The SMILES string of the molecule is O=C(CCc1ccccc1)N(Cc1ccccc1F)C1CCS(=O)(=O)C1. The molecule has 1 unspecified atom stereocenters. The van der Waals surface area contributed by atoms with Crippen LogP contribution in [0.15, 0.2) is 54.6 Å². The Morgan fingerprint density at radius 1 is 1.08 bits per heavy atom. The van der Waals surface area contributed by atoms with Crippen LogP contribution in [0, 0.1) is 5.82 Å². The minimum absolute atomic E-state index is 0.0431. The van der Waals surface area contributed by atoms with Gasteiger partial charge in [0.2, 0.25) is 5.91 Å². The number of halogens is 1. The number of aryl methyl sites for hydroxylation is 1. The second-order valence-electron chi connectivity index (χ2n) is 6.66. The monoisotopic (exact) mass is 375 g/mol. The number of hydrogen-bond donors (Lipinski definition) is 0. The van der Waals surface area contributed by atoms with E-state index in [1.165, 1.54) is 6.07 Å². The van der Waals surface area contributed by atoms with Crippen molar-refractivity contribution in [3.8, 4) is 0 Å². The molecule has 0 spiro atoms. The Labute approximate surface area is 153 Å². The molecule has 1 fully saturated rings. The fourth-order valence-corrected chi connectivity index (χ4v) is 5.02. The molecule has 138 valence electrons. The lowest BCUT2D eigenvalue weighted by molar-refractivity contribution is -0.133. The van der Waals surface area contributed by atoms with Gasteiger partial charge in [0.05, 0.1) is 11.5 Å². The molecule has 1 aliphatic rings. The Balaban J connectivity index is 1.76. The summed E-state index contributed by atoms with van der Waals surface area (Å²) in [4.78, 5) is 14.4. The zero-order valence-electron chi connectivity index (χ0n) is 14.5. The largest absolute Gasteiger partial charge is 0.334 e. The van der Waals surface area contributed by atoms with Crippen LogP contribution in [0.3, 0.4) is 0 Å². The van der Waals surface area contributed by atoms with E-state index in [0.29, 0.717) is 18.4 Å². The number of hydrogen-bond acceptors (Lipinski definition) is 3. The van der Waals surface area contributed by atoms with Crippen LogP contribution in [0.1, 0.15) is 24.0 Å². The van der Waals surface area contributed by atoms with Gasteiger partial charge in [-0.25, -0.2) is 12.8 Å². The van der Waals surface area contributed by atoms with Crippen LogP contribution >= 0.6 is 0 Å². The Morgan fingerprint density at radius 2 is 1.77 bits per heavy atom. The van der Waals surface area contributed by atoms with Gasteiger partial charge in [0.15, 0.2) is 9.84 Å². The van der Waals surface area contributed by atoms with Crippen molar-refractivity contribution in [2.45, 2.75) is 31.8 Å². The summed E-state index contributed by atoms with van der Waals surface area (Å²) in [6.07, 6.45) is 1.26. The summed E-state index contributed by atoms with van der Waals surface area (Å²) in [7, 11) is -3.13. The maximum Gasteiger partial charge on any atom is 0.223 e. The summed E-state index contributed by atoms with van der Waals surface area (Å²) in [6, 6.07) is 15.6. The average Bonchev–Trinajstić information content (AvgIpc) is 2.99. The smallest absolute Gasteiger partial charge is 0.223 e. The van der Waals surface area contributed by atoms with Crippen molar-refractivity contribution in [3.63, 3.8) is 0 Å². The first kappa shape index (κ1) is 18.6. The van der Waals surface area contributed by atoms with Crippen LogP contribution in [-0.4, -0.2) is 36.8 Å². The van der Waals surface area contributed by atoms with Crippen molar-refractivity contribution in [3.05, 3.63) is 71.5 Å². The Hall–Kier alpha value is -2.21. The van der Waals surface area contributed by atoms with Crippen molar-refractivity contribution in [1.82, 2.24) is 4.90 Å². The molecular formula is C20H22FNO3S. The summed E-state index contributed by atoms with van der Waals surface area (Å²) < 4.78 is 37.8. The summed E-state index contributed by atoms with van der Waals surface area (Å²) in [5.41, 5.74) is 1.45. The van der Waals surface area contributed by atoms with E-state index in [4.69, 9.17) is 0 Å². The maximum atomic E-state index is 14.0. The van der Waals surface area contributed by atoms with E-state index in [9.17, 15) is 17.6 Å². The third-order valence-corrected chi connectivity index (χ3v) is 6.49. The van der Waals surface area contributed by atoms with Gasteiger partial charge in [0, 0.05) is 24.6 Å². The lowest BCUT2D eigenvalue weighted by atomic mass is 10.1. The number of carbonyl (C=O) groups excluding carboxylic acids is 1. The highest BCUT2D eigenvalue weighted by atomic mass is 32.2. The van der Waals surface area contributed by atoms with E-state index in [0.717, 1.165) is 5.56 Å². The number of sulfone groups is 1. The summed E-state index contributed by atoms with van der Waals surface area (Å²) in [5.74, 6) is -0.482. The molecule has 0 aromatic heterocycles. The predicted molar refractivity (Wildman–Crippen MR) is 98.8 cm³/mol. The van der Waals surface area contributed by atoms with E-state index in [1.807, 2.05) is 30.3 Å². The molecule has 0 aliphatic carbocycles. The molecular weight excluding hydrogens is 353 g/mol. The highest BCUT2D eigenvalue weighted by Crippen LogP contribution is 2.22. The van der Waals surface area contributed by atoms with E-state index >= 15 is 0 Å². The fraction of sp³-hybridized carbons (Fsp3) is 0.350. The molecule has 0 radical (unpaired) electrons. The maximum absolute atomic E-state index is 14.0. The summed E-state index contributed by atoms with van der Waals surface area (Å²) in [5, 5.41) is 0. The van der Waals surface area contributed by atoms with Gasteiger partial charge in [-0.05, 0) is 24.5 Å². The Kier molecular flexibility index (Phi) is 5.71. The molecule has 3 rings (SSSR count). The molecule has 0 saturated carbocycles. The molecule has 1 amide bonds. The first-order chi connectivity index (χ1) is 12.4. The van der Waals surface area contributed by atoms with Crippen molar-refractivity contribution in [1.29, 1.82) is 0 Å². The minimum Gasteiger partial charge on any atom is -0.334 e. The zero-order chi connectivity index (χ0) is 18.6. The third-order valence-electron chi connectivity index (χ3n) is 4.74. The lowest BCUT2D eigenvalue weighted by Gasteiger charge is -2.28. The normalized spacial score (nSPS) is 18.6. The van der Waals surface area contributed by atoms with Gasteiger partial charge in [0.1, 0.15) is 5.82 Å². The van der Waals surface area contributed by atoms with Gasteiger partial charge < -0.3 is 4.90 Å². The van der Waals surface area contributed by atoms with Gasteiger partial charge in [-0.2, -0.15) is 0 Å². The minimum atomic E-state index is -3.13. The average molecular weight is 375 g/mol. The molecule has 26 heavy (non-hydrogen) atoms. The molecule has 1 heterocycles.